The number of carbonyl (C=O) groups is 1. The Kier molecular flexibility index (Phi) is 4.58. The van der Waals surface area contributed by atoms with Gasteiger partial charge >= 0.3 is 12.1 Å². The molecule has 0 aliphatic heterocycles. The van der Waals surface area contributed by atoms with E-state index in [2.05, 4.69) is 0 Å². The first-order valence-electron chi connectivity index (χ1n) is 5.39. The van der Waals surface area contributed by atoms with Crippen LogP contribution in [0.2, 0.25) is 0 Å². The second kappa shape index (κ2) is 5.75. The van der Waals surface area contributed by atoms with Gasteiger partial charge in [-0.25, -0.2) is 0 Å². The standard InChI is InChI=1S/C12H14F3NO2/c1-9-4-2-3-5-10(9)16(7-6-11(17)18)8-12(13,14)15/h2-5H,6-8H2,1H3,(H,17,18). The fraction of sp³-hybridized carbons (Fsp3) is 0.417. The zero-order chi connectivity index (χ0) is 13.8. The maximum Gasteiger partial charge on any atom is 0.405 e. The third-order valence-electron chi connectivity index (χ3n) is 2.42. The molecule has 1 N–H and O–H groups in total. The quantitative estimate of drug-likeness (QED) is 0.886. The number of aliphatic carboxylic acids is 1. The highest BCUT2D eigenvalue weighted by Gasteiger charge is 2.31. The first-order valence-corrected chi connectivity index (χ1v) is 5.39. The van der Waals surface area contributed by atoms with Crippen LogP contribution in [0.4, 0.5) is 18.9 Å². The van der Waals surface area contributed by atoms with Gasteiger partial charge in [0.25, 0.3) is 0 Å². The fourth-order valence-corrected chi connectivity index (χ4v) is 1.65. The molecule has 100 valence electrons. The molecular formula is C12H14F3NO2. The van der Waals surface area contributed by atoms with Gasteiger partial charge in [0.2, 0.25) is 0 Å². The van der Waals surface area contributed by atoms with Crippen LogP contribution in [0.15, 0.2) is 24.3 Å². The van der Waals surface area contributed by atoms with Crippen molar-refractivity contribution in [2.75, 3.05) is 18.0 Å². The van der Waals surface area contributed by atoms with Crippen LogP contribution < -0.4 is 4.90 Å². The topological polar surface area (TPSA) is 40.5 Å². The van der Waals surface area contributed by atoms with E-state index in [0.717, 1.165) is 4.90 Å². The van der Waals surface area contributed by atoms with Gasteiger partial charge in [0, 0.05) is 12.2 Å². The van der Waals surface area contributed by atoms with Crippen LogP contribution in [0.1, 0.15) is 12.0 Å². The first kappa shape index (κ1) is 14.3. The van der Waals surface area contributed by atoms with Crippen LogP contribution in [0.3, 0.4) is 0 Å². The molecule has 0 aliphatic carbocycles. The molecule has 1 aromatic rings. The van der Waals surface area contributed by atoms with Crippen LogP contribution in [-0.2, 0) is 4.79 Å². The van der Waals surface area contributed by atoms with Gasteiger partial charge in [0.1, 0.15) is 6.54 Å². The molecule has 0 amide bonds. The number of benzene rings is 1. The summed E-state index contributed by atoms with van der Waals surface area (Å²) in [6.07, 6.45) is -4.69. The van der Waals surface area contributed by atoms with Crippen molar-refractivity contribution in [3.8, 4) is 0 Å². The first-order chi connectivity index (χ1) is 8.29. The van der Waals surface area contributed by atoms with E-state index in [9.17, 15) is 18.0 Å². The lowest BCUT2D eigenvalue weighted by Gasteiger charge is -2.26. The van der Waals surface area contributed by atoms with Gasteiger partial charge in [0.05, 0.1) is 6.42 Å². The smallest absolute Gasteiger partial charge is 0.405 e. The van der Waals surface area contributed by atoms with E-state index >= 15 is 0 Å². The SMILES string of the molecule is Cc1ccccc1N(CCC(=O)O)CC(F)(F)F. The van der Waals surface area contributed by atoms with Gasteiger partial charge in [-0.2, -0.15) is 13.2 Å². The Morgan fingerprint density at radius 3 is 2.44 bits per heavy atom. The molecule has 18 heavy (non-hydrogen) atoms. The molecule has 0 aromatic heterocycles. The van der Waals surface area contributed by atoms with Gasteiger partial charge in [-0.1, -0.05) is 18.2 Å². The Labute approximate surface area is 103 Å². The lowest BCUT2D eigenvalue weighted by atomic mass is 10.1. The van der Waals surface area contributed by atoms with Crippen LogP contribution in [0, 0.1) is 6.92 Å². The van der Waals surface area contributed by atoms with Gasteiger partial charge in [-0.15, -0.1) is 0 Å². The zero-order valence-electron chi connectivity index (χ0n) is 9.87. The maximum absolute atomic E-state index is 12.5. The third-order valence-corrected chi connectivity index (χ3v) is 2.42. The van der Waals surface area contributed by atoms with Crippen molar-refractivity contribution in [3.05, 3.63) is 29.8 Å². The number of hydrogen-bond donors (Lipinski definition) is 1. The minimum Gasteiger partial charge on any atom is -0.481 e. The summed E-state index contributed by atoms with van der Waals surface area (Å²) in [4.78, 5) is 11.5. The zero-order valence-corrected chi connectivity index (χ0v) is 9.87. The molecule has 6 heteroatoms. The van der Waals surface area contributed by atoms with Gasteiger partial charge in [-0.3, -0.25) is 4.79 Å². The summed E-state index contributed by atoms with van der Waals surface area (Å²) >= 11 is 0. The molecule has 0 saturated carbocycles. The van der Waals surface area contributed by atoms with E-state index in [1.807, 2.05) is 0 Å². The number of alkyl halides is 3. The summed E-state index contributed by atoms with van der Waals surface area (Å²) in [6, 6.07) is 6.61. The third kappa shape index (κ3) is 4.65. The molecule has 0 aliphatic rings. The number of anilines is 1. The normalized spacial score (nSPS) is 11.3. The van der Waals surface area contributed by atoms with E-state index < -0.39 is 18.7 Å². The number of hydrogen-bond acceptors (Lipinski definition) is 2. The van der Waals surface area contributed by atoms with Crippen molar-refractivity contribution in [2.24, 2.45) is 0 Å². The van der Waals surface area contributed by atoms with Crippen molar-refractivity contribution < 1.29 is 23.1 Å². The average Bonchev–Trinajstić information content (AvgIpc) is 2.23. The van der Waals surface area contributed by atoms with Crippen molar-refractivity contribution in [1.29, 1.82) is 0 Å². The maximum atomic E-state index is 12.5. The molecule has 1 rings (SSSR count). The highest BCUT2D eigenvalue weighted by Crippen LogP contribution is 2.24. The summed E-state index contributed by atoms with van der Waals surface area (Å²) in [7, 11) is 0. The minimum atomic E-state index is -4.36. The number of aryl methyl sites for hydroxylation is 1. The molecule has 0 atom stereocenters. The van der Waals surface area contributed by atoms with E-state index in [4.69, 9.17) is 5.11 Å². The molecular weight excluding hydrogens is 247 g/mol. The average molecular weight is 261 g/mol. The van der Waals surface area contributed by atoms with E-state index in [1.54, 1.807) is 31.2 Å². The summed E-state index contributed by atoms with van der Waals surface area (Å²) in [5, 5.41) is 8.57. The Bertz CT molecular complexity index is 418. The second-order valence-corrected chi connectivity index (χ2v) is 3.97. The van der Waals surface area contributed by atoms with E-state index in [1.165, 1.54) is 0 Å². The largest absolute Gasteiger partial charge is 0.481 e. The molecule has 0 unspecified atom stereocenters. The van der Waals surface area contributed by atoms with Crippen LogP contribution >= 0.6 is 0 Å². The number of nitrogens with zero attached hydrogens (tertiary/aromatic N) is 1. The van der Waals surface area contributed by atoms with Crippen molar-refractivity contribution in [1.82, 2.24) is 0 Å². The molecule has 0 bridgehead atoms. The molecule has 3 nitrogen and oxygen atoms in total. The van der Waals surface area contributed by atoms with Gasteiger partial charge in [-0.05, 0) is 18.6 Å². The summed E-state index contributed by atoms with van der Waals surface area (Å²) in [6.45, 7) is 0.379. The minimum absolute atomic E-state index is 0.167. The Balaban J connectivity index is 2.89. The Hall–Kier alpha value is -1.72. The van der Waals surface area contributed by atoms with Crippen molar-refractivity contribution in [2.45, 2.75) is 19.5 Å². The lowest BCUT2D eigenvalue weighted by molar-refractivity contribution is -0.137. The number of rotatable bonds is 5. The predicted octanol–water partition coefficient (Wildman–Crippen LogP) is 2.84. The molecule has 0 heterocycles. The number of carboxylic acids is 1. The predicted molar refractivity (Wildman–Crippen MR) is 61.7 cm³/mol. The van der Waals surface area contributed by atoms with E-state index in [0.29, 0.717) is 11.3 Å². The van der Waals surface area contributed by atoms with Crippen molar-refractivity contribution >= 4 is 11.7 Å². The number of para-hydroxylation sites is 1. The Morgan fingerprint density at radius 2 is 1.94 bits per heavy atom. The van der Waals surface area contributed by atoms with Crippen LogP contribution in [0.5, 0.6) is 0 Å². The number of halogens is 3. The fourth-order valence-electron chi connectivity index (χ4n) is 1.65. The number of carboxylic acid groups (broad SMARTS) is 1. The highest BCUT2D eigenvalue weighted by molar-refractivity contribution is 5.68. The van der Waals surface area contributed by atoms with Gasteiger partial charge < -0.3 is 10.0 Å². The Morgan fingerprint density at radius 1 is 1.33 bits per heavy atom. The molecule has 0 radical (unpaired) electrons. The monoisotopic (exact) mass is 261 g/mol. The second-order valence-electron chi connectivity index (χ2n) is 3.97. The summed E-state index contributed by atoms with van der Waals surface area (Å²) in [5.41, 5.74) is 1.10. The summed E-state index contributed by atoms with van der Waals surface area (Å²) < 4.78 is 37.4. The molecule has 1 aromatic carbocycles. The molecule has 0 saturated heterocycles. The van der Waals surface area contributed by atoms with E-state index in [-0.39, 0.29) is 13.0 Å². The van der Waals surface area contributed by atoms with Gasteiger partial charge in [0.15, 0.2) is 0 Å². The highest BCUT2D eigenvalue weighted by atomic mass is 19.4. The lowest BCUT2D eigenvalue weighted by Crippen LogP contribution is -2.36. The summed E-state index contributed by atoms with van der Waals surface area (Å²) in [5.74, 6) is -1.12. The van der Waals surface area contributed by atoms with Crippen molar-refractivity contribution in [3.63, 3.8) is 0 Å². The van der Waals surface area contributed by atoms with Crippen LogP contribution in [-0.4, -0.2) is 30.3 Å². The van der Waals surface area contributed by atoms with Crippen LogP contribution in [0.25, 0.3) is 0 Å². The molecule has 0 fully saturated rings. The molecule has 0 spiro atoms.